The summed E-state index contributed by atoms with van der Waals surface area (Å²) in [6, 6.07) is 11.4. The molecule has 0 bridgehead atoms. The molecule has 1 amide bonds. The molecule has 31 heavy (non-hydrogen) atoms. The summed E-state index contributed by atoms with van der Waals surface area (Å²) in [5.41, 5.74) is 2.80. The van der Waals surface area contributed by atoms with E-state index in [1.807, 2.05) is 41.3 Å². The van der Waals surface area contributed by atoms with E-state index >= 15 is 0 Å². The van der Waals surface area contributed by atoms with Crippen molar-refractivity contribution >= 4 is 23.3 Å². The minimum absolute atomic E-state index is 0.0652. The van der Waals surface area contributed by atoms with Gasteiger partial charge in [-0.05, 0) is 24.6 Å². The van der Waals surface area contributed by atoms with E-state index in [0.29, 0.717) is 37.1 Å². The number of amides is 1. The van der Waals surface area contributed by atoms with E-state index in [0.717, 1.165) is 29.2 Å². The van der Waals surface area contributed by atoms with Crippen LogP contribution in [0.1, 0.15) is 12.6 Å². The average Bonchev–Trinajstić information content (AvgIpc) is 3.22. The number of piperazine rings is 1. The molecule has 3 heterocycles. The number of aryl methyl sites for hydroxylation is 1. The third kappa shape index (κ3) is 4.80. The number of nitrogens with zero attached hydrogens (tertiary/aromatic N) is 6. The monoisotopic (exact) mass is 440 g/mol. The molecule has 4 rings (SSSR count). The Bertz CT molecular complexity index is 1060. The first-order chi connectivity index (χ1) is 15.1. The van der Waals surface area contributed by atoms with E-state index in [2.05, 4.69) is 26.9 Å². The molecular formula is C22H25ClN6O2. The van der Waals surface area contributed by atoms with Gasteiger partial charge in [-0.2, -0.15) is 5.10 Å². The molecule has 1 aliphatic rings. The number of aromatic nitrogens is 4. The maximum absolute atomic E-state index is 13.0. The standard InChI is InChI=1S/C22H25ClN6O2/c1-3-18-12-19(16-5-4-6-17(23)11-16)26-29(18)14-22(30)28-9-7-27(8-10-28)20-13-21(31-2)25-15-24-20/h4-6,11-13,15H,3,7-10,14H2,1-2H3. The van der Waals surface area contributed by atoms with Gasteiger partial charge in [-0.3, -0.25) is 9.48 Å². The molecule has 162 valence electrons. The molecule has 0 radical (unpaired) electrons. The van der Waals surface area contributed by atoms with Crippen molar-refractivity contribution in [3.8, 4) is 17.1 Å². The van der Waals surface area contributed by atoms with E-state index in [9.17, 15) is 4.79 Å². The van der Waals surface area contributed by atoms with Crippen molar-refractivity contribution < 1.29 is 9.53 Å². The molecule has 0 spiro atoms. The first-order valence-electron chi connectivity index (χ1n) is 10.3. The van der Waals surface area contributed by atoms with Crippen LogP contribution in [-0.4, -0.2) is 63.8 Å². The molecule has 1 saturated heterocycles. The fraction of sp³-hybridized carbons (Fsp3) is 0.364. The first-order valence-corrected chi connectivity index (χ1v) is 10.7. The highest BCUT2D eigenvalue weighted by Crippen LogP contribution is 2.23. The number of hydrogen-bond acceptors (Lipinski definition) is 6. The highest BCUT2D eigenvalue weighted by atomic mass is 35.5. The zero-order valence-corrected chi connectivity index (χ0v) is 18.4. The van der Waals surface area contributed by atoms with E-state index in [4.69, 9.17) is 16.3 Å². The predicted molar refractivity (Wildman–Crippen MR) is 119 cm³/mol. The topological polar surface area (TPSA) is 76.4 Å². The van der Waals surface area contributed by atoms with Gasteiger partial charge >= 0.3 is 0 Å². The van der Waals surface area contributed by atoms with Gasteiger partial charge in [0.15, 0.2) is 0 Å². The summed E-state index contributed by atoms with van der Waals surface area (Å²) in [6.45, 7) is 4.97. The average molecular weight is 441 g/mol. The van der Waals surface area contributed by atoms with Crippen molar-refractivity contribution in [2.24, 2.45) is 0 Å². The minimum Gasteiger partial charge on any atom is -0.481 e. The molecule has 1 fully saturated rings. The van der Waals surface area contributed by atoms with Crippen LogP contribution in [-0.2, 0) is 17.8 Å². The second kappa shape index (κ2) is 9.34. The summed E-state index contributed by atoms with van der Waals surface area (Å²) >= 11 is 6.12. The molecule has 0 N–H and O–H groups in total. The molecule has 1 aromatic carbocycles. The van der Waals surface area contributed by atoms with Crippen LogP contribution < -0.4 is 9.64 Å². The molecule has 0 aliphatic carbocycles. The van der Waals surface area contributed by atoms with Crippen LogP contribution in [0.25, 0.3) is 11.3 Å². The van der Waals surface area contributed by atoms with Gasteiger partial charge in [-0.15, -0.1) is 0 Å². The summed E-state index contributed by atoms with van der Waals surface area (Å²) in [5.74, 6) is 1.41. The Hall–Kier alpha value is -3.13. The first kappa shape index (κ1) is 21.1. The summed E-state index contributed by atoms with van der Waals surface area (Å²) in [6.07, 6.45) is 2.29. The van der Waals surface area contributed by atoms with Crippen molar-refractivity contribution in [1.29, 1.82) is 0 Å². The molecule has 1 aliphatic heterocycles. The number of halogens is 1. The molecular weight excluding hydrogens is 416 g/mol. The Labute approximate surface area is 186 Å². The Balaban J connectivity index is 1.41. The number of carbonyl (C=O) groups excluding carboxylic acids is 1. The number of carbonyl (C=O) groups is 1. The van der Waals surface area contributed by atoms with Gasteiger partial charge < -0.3 is 14.5 Å². The molecule has 8 nitrogen and oxygen atoms in total. The number of rotatable bonds is 6. The highest BCUT2D eigenvalue weighted by molar-refractivity contribution is 6.30. The Kier molecular flexibility index (Phi) is 6.36. The maximum Gasteiger partial charge on any atom is 0.244 e. The fourth-order valence-electron chi connectivity index (χ4n) is 3.69. The molecule has 0 saturated carbocycles. The van der Waals surface area contributed by atoms with Crippen molar-refractivity contribution in [2.45, 2.75) is 19.9 Å². The van der Waals surface area contributed by atoms with Gasteiger partial charge in [0.2, 0.25) is 11.8 Å². The van der Waals surface area contributed by atoms with E-state index in [1.165, 1.54) is 6.33 Å². The molecule has 3 aromatic rings. The van der Waals surface area contributed by atoms with E-state index in [1.54, 1.807) is 11.8 Å². The lowest BCUT2D eigenvalue weighted by atomic mass is 10.1. The highest BCUT2D eigenvalue weighted by Gasteiger charge is 2.23. The SMILES string of the molecule is CCc1cc(-c2cccc(Cl)c2)nn1CC(=O)N1CCN(c2cc(OC)ncn2)CC1. The lowest BCUT2D eigenvalue weighted by Crippen LogP contribution is -2.50. The largest absolute Gasteiger partial charge is 0.481 e. The number of hydrogen-bond donors (Lipinski definition) is 0. The Morgan fingerprint density at radius 2 is 1.94 bits per heavy atom. The Morgan fingerprint density at radius 1 is 1.13 bits per heavy atom. The maximum atomic E-state index is 13.0. The smallest absolute Gasteiger partial charge is 0.244 e. The summed E-state index contributed by atoms with van der Waals surface area (Å²) in [4.78, 5) is 25.3. The number of ether oxygens (including phenoxy) is 1. The molecule has 0 atom stereocenters. The summed E-state index contributed by atoms with van der Waals surface area (Å²) in [7, 11) is 1.58. The van der Waals surface area contributed by atoms with E-state index < -0.39 is 0 Å². The van der Waals surface area contributed by atoms with Gasteiger partial charge in [0, 0.05) is 48.5 Å². The second-order valence-electron chi connectivity index (χ2n) is 7.33. The van der Waals surface area contributed by atoms with Crippen LogP contribution in [0.3, 0.4) is 0 Å². The van der Waals surface area contributed by atoms with Crippen LogP contribution in [0.4, 0.5) is 5.82 Å². The number of anilines is 1. The molecule has 9 heteroatoms. The zero-order chi connectivity index (χ0) is 21.8. The van der Waals surface area contributed by atoms with Crippen LogP contribution in [0, 0.1) is 0 Å². The van der Waals surface area contributed by atoms with Gasteiger partial charge in [-0.25, -0.2) is 9.97 Å². The van der Waals surface area contributed by atoms with Crippen molar-refractivity contribution in [1.82, 2.24) is 24.6 Å². The van der Waals surface area contributed by atoms with Crippen LogP contribution in [0.15, 0.2) is 42.7 Å². The quantitative estimate of drug-likeness (QED) is 0.586. The number of benzene rings is 1. The summed E-state index contributed by atoms with van der Waals surface area (Å²) < 4.78 is 6.98. The lowest BCUT2D eigenvalue weighted by molar-refractivity contribution is -0.132. The van der Waals surface area contributed by atoms with Gasteiger partial charge in [0.05, 0.1) is 12.8 Å². The number of methoxy groups -OCH3 is 1. The molecule has 2 aromatic heterocycles. The van der Waals surface area contributed by atoms with Crippen molar-refractivity contribution in [3.63, 3.8) is 0 Å². The normalized spacial score (nSPS) is 14.0. The van der Waals surface area contributed by atoms with Gasteiger partial charge in [0.25, 0.3) is 0 Å². The van der Waals surface area contributed by atoms with Gasteiger partial charge in [-0.1, -0.05) is 30.7 Å². The van der Waals surface area contributed by atoms with Gasteiger partial charge in [0.1, 0.15) is 18.7 Å². The lowest BCUT2D eigenvalue weighted by Gasteiger charge is -2.35. The van der Waals surface area contributed by atoms with Crippen molar-refractivity contribution in [3.05, 3.63) is 53.4 Å². The molecule has 0 unspecified atom stereocenters. The fourth-order valence-corrected chi connectivity index (χ4v) is 3.88. The van der Waals surface area contributed by atoms with Crippen LogP contribution in [0.2, 0.25) is 5.02 Å². The van der Waals surface area contributed by atoms with Crippen molar-refractivity contribution in [2.75, 3.05) is 38.2 Å². The van der Waals surface area contributed by atoms with Crippen LogP contribution in [0.5, 0.6) is 5.88 Å². The third-order valence-electron chi connectivity index (χ3n) is 5.42. The third-order valence-corrected chi connectivity index (χ3v) is 5.66. The predicted octanol–water partition coefficient (Wildman–Crippen LogP) is 2.91. The summed E-state index contributed by atoms with van der Waals surface area (Å²) in [5, 5.41) is 5.35. The van der Waals surface area contributed by atoms with E-state index in [-0.39, 0.29) is 12.5 Å². The zero-order valence-electron chi connectivity index (χ0n) is 17.7. The van der Waals surface area contributed by atoms with Crippen LogP contribution >= 0.6 is 11.6 Å². The Morgan fingerprint density at radius 3 is 2.65 bits per heavy atom. The second-order valence-corrected chi connectivity index (χ2v) is 7.77. The minimum atomic E-state index is 0.0652.